The van der Waals surface area contributed by atoms with Crippen molar-refractivity contribution in [1.82, 2.24) is 15.1 Å². The third-order valence-corrected chi connectivity index (χ3v) is 7.88. The molecule has 0 radical (unpaired) electrons. The van der Waals surface area contributed by atoms with E-state index in [0.717, 1.165) is 56.8 Å². The van der Waals surface area contributed by atoms with Crippen LogP contribution < -0.4 is 10.2 Å². The minimum Gasteiger partial charge on any atom is -0.369 e. The maximum absolute atomic E-state index is 12.9. The Morgan fingerprint density at radius 1 is 1.00 bits per heavy atom. The normalized spacial score (nSPS) is 28.6. The standard InChI is InChI=1S/C25H32N4O4/c30-16-18-4-2-1-3-17(18)14-27-9-11-28(12-10-27)20-5-6-21-19(13-20)15-29(25(21)33)22-7-8-23(31)26-24(22)32/h5-6,13,16-18,22H,1-4,7-12,14-15H2,(H,26,31,32)/t17-,18-,22?/m1/s1. The molecule has 176 valence electrons. The molecule has 1 saturated carbocycles. The molecule has 1 aromatic rings. The van der Waals surface area contributed by atoms with Crippen molar-refractivity contribution in [2.24, 2.45) is 11.8 Å². The zero-order chi connectivity index (χ0) is 22.9. The van der Waals surface area contributed by atoms with E-state index in [-0.39, 0.29) is 30.1 Å². The van der Waals surface area contributed by atoms with Crippen molar-refractivity contribution in [1.29, 1.82) is 0 Å². The molecule has 4 aliphatic rings. The van der Waals surface area contributed by atoms with Crippen LogP contribution in [0.4, 0.5) is 5.69 Å². The maximum atomic E-state index is 12.9. The number of nitrogens with one attached hydrogen (secondary N) is 1. The fraction of sp³-hybridized carbons (Fsp3) is 0.600. The van der Waals surface area contributed by atoms with Gasteiger partial charge in [0.15, 0.2) is 0 Å². The number of nitrogens with zero attached hydrogens (tertiary/aromatic N) is 3. The van der Waals surface area contributed by atoms with Crippen LogP contribution in [-0.2, 0) is 20.9 Å². The first kappa shape index (κ1) is 22.1. The molecule has 5 rings (SSSR count). The Labute approximate surface area is 194 Å². The Morgan fingerprint density at radius 3 is 2.55 bits per heavy atom. The molecule has 3 heterocycles. The highest BCUT2D eigenvalue weighted by Gasteiger charge is 2.39. The number of hydrogen-bond donors (Lipinski definition) is 1. The minimum absolute atomic E-state index is 0.131. The summed E-state index contributed by atoms with van der Waals surface area (Å²) in [5.74, 6) is -0.0657. The molecule has 0 aromatic heterocycles. The quantitative estimate of drug-likeness (QED) is 0.539. The summed E-state index contributed by atoms with van der Waals surface area (Å²) in [6.07, 6.45) is 6.42. The highest BCUT2D eigenvalue weighted by Crippen LogP contribution is 2.32. The first-order valence-electron chi connectivity index (χ1n) is 12.2. The monoisotopic (exact) mass is 452 g/mol. The summed E-state index contributed by atoms with van der Waals surface area (Å²) in [6.45, 7) is 5.20. The molecule has 0 spiro atoms. The van der Waals surface area contributed by atoms with Crippen LogP contribution >= 0.6 is 0 Å². The molecule has 33 heavy (non-hydrogen) atoms. The summed E-state index contributed by atoms with van der Waals surface area (Å²) < 4.78 is 0. The van der Waals surface area contributed by atoms with Crippen LogP contribution in [0.25, 0.3) is 0 Å². The van der Waals surface area contributed by atoms with E-state index in [0.29, 0.717) is 24.4 Å². The Balaban J connectivity index is 1.20. The van der Waals surface area contributed by atoms with Crippen molar-refractivity contribution in [3.05, 3.63) is 29.3 Å². The summed E-state index contributed by atoms with van der Waals surface area (Å²) in [5.41, 5.74) is 2.70. The molecule has 3 fully saturated rings. The van der Waals surface area contributed by atoms with E-state index in [1.807, 2.05) is 12.1 Å². The van der Waals surface area contributed by atoms with Gasteiger partial charge in [-0.05, 0) is 48.9 Å². The number of piperazine rings is 1. The van der Waals surface area contributed by atoms with Crippen molar-refractivity contribution in [2.75, 3.05) is 37.6 Å². The highest BCUT2D eigenvalue weighted by molar-refractivity contribution is 6.05. The van der Waals surface area contributed by atoms with E-state index >= 15 is 0 Å². The number of hydrogen-bond acceptors (Lipinski definition) is 6. The minimum atomic E-state index is -0.579. The van der Waals surface area contributed by atoms with Gasteiger partial charge >= 0.3 is 0 Å². The number of amides is 3. The molecule has 1 N–H and O–H groups in total. The molecule has 0 bridgehead atoms. The number of piperidine rings is 1. The van der Waals surface area contributed by atoms with Gasteiger partial charge in [0.25, 0.3) is 5.91 Å². The fourth-order valence-electron chi connectivity index (χ4n) is 5.92. The van der Waals surface area contributed by atoms with Crippen molar-refractivity contribution in [3.8, 4) is 0 Å². The number of aldehydes is 1. The largest absolute Gasteiger partial charge is 0.369 e. The van der Waals surface area contributed by atoms with Crippen LogP contribution in [0.1, 0.15) is 54.4 Å². The van der Waals surface area contributed by atoms with Crippen LogP contribution in [-0.4, -0.2) is 72.6 Å². The number of fused-ring (bicyclic) bond motifs is 1. The predicted octanol–water partition coefficient (Wildman–Crippen LogP) is 1.57. The second kappa shape index (κ2) is 9.25. The van der Waals surface area contributed by atoms with Gasteiger partial charge in [-0.3, -0.25) is 24.6 Å². The Kier molecular flexibility index (Phi) is 6.19. The first-order chi connectivity index (χ1) is 16.0. The van der Waals surface area contributed by atoms with E-state index in [1.165, 1.54) is 19.1 Å². The predicted molar refractivity (Wildman–Crippen MR) is 123 cm³/mol. The average molecular weight is 453 g/mol. The molecular formula is C25H32N4O4. The van der Waals surface area contributed by atoms with Gasteiger partial charge in [-0.1, -0.05) is 12.8 Å². The smallest absolute Gasteiger partial charge is 0.255 e. The van der Waals surface area contributed by atoms with Crippen LogP contribution in [0.3, 0.4) is 0 Å². The number of carbonyl (C=O) groups is 4. The second-order valence-corrected chi connectivity index (χ2v) is 9.87. The number of rotatable bonds is 5. The van der Waals surface area contributed by atoms with Crippen molar-refractivity contribution < 1.29 is 19.2 Å². The third-order valence-electron chi connectivity index (χ3n) is 7.88. The molecule has 3 amide bonds. The van der Waals surface area contributed by atoms with Gasteiger partial charge in [0, 0.05) is 62.9 Å². The second-order valence-electron chi connectivity index (χ2n) is 9.87. The van der Waals surface area contributed by atoms with Crippen LogP contribution in [0.5, 0.6) is 0 Å². The van der Waals surface area contributed by atoms with Gasteiger partial charge in [0.2, 0.25) is 11.8 Å². The fourth-order valence-corrected chi connectivity index (χ4v) is 5.92. The van der Waals surface area contributed by atoms with E-state index in [2.05, 4.69) is 21.2 Å². The van der Waals surface area contributed by atoms with Gasteiger partial charge in [-0.15, -0.1) is 0 Å². The zero-order valence-corrected chi connectivity index (χ0v) is 19.0. The van der Waals surface area contributed by atoms with Gasteiger partial charge < -0.3 is 14.6 Å². The highest BCUT2D eigenvalue weighted by atomic mass is 16.2. The van der Waals surface area contributed by atoms with E-state index in [1.54, 1.807) is 4.90 Å². The lowest BCUT2D eigenvalue weighted by atomic mass is 9.80. The average Bonchev–Trinajstić information content (AvgIpc) is 3.15. The van der Waals surface area contributed by atoms with Gasteiger partial charge in [-0.2, -0.15) is 0 Å². The maximum Gasteiger partial charge on any atom is 0.255 e. The summed E-state index contributed by atoms with van der Waals surface area (Å²) in [5, 5.41) is 2.35. The Morgan fingerprint density at radius 2 is 1.79 bits per heavy atom. The van der Waals surface area contributed by atoms with E-state index in [9.17, 15) is 19.2 Å². The molecule has 3 aliphatic heterocycles. The number of carbonyl (C=O) groups excluding carboxylic acids is 4. The van der Waals surface area contributed by atoms with Crippen molar-refractivity contribution in [3.63, 3.8) is 0 Å². The summed E-state index contributed by atoms with van der Waals surface area (Å²) in [7, 11) is 0. The van der Waals surface area contributed by atoms with Crippen LogP contribution in [0.15, 0.2) is 18.2 Å². The molecule has 1 aromatic carbocycles. The summed E-state index contributed by atoms with van der Waals surface area (Å²) in [4.78, 5) is 54.5. The number of imide groups is 1. The van der Waals surface area contributed by atoms with Crippen LogP contribution in [0, 0.1) is 11.8 Å². The Hall–Kier alpha value is -2.74. The van der Waals surface area contributed by atoms with Crippen LogP contribution in [0.2, 0.25) is 0 Å². The Bertz CT molecular complexity index is 956. The lowest BCUT2D eigenvalue weighted by Crippen LogP contribution is -2.52. The van der Waals surface area contributed by atoms with Crippen molar-refractivity contribution in [2.45, 2.75) is 51.1 Å². The molecule has 8 nitrogen and oxygen atoms in total. The first-order valence-corrected chi connectivity index (χ1v) is 12.2. The molecule has 1 unspecified atom stereocenters. The molecule has 2 saturated heterocycles. The number of benzene rings is 1. The van der Waals surface area contributed by atoms with Gasteiger partial charge in [0.05, 0.1) is 0 Å². The zero-order valence-electron chi connectivity index (χ0n) is 19.0. The summed E-state index contributed by atoms with van der Waals surface area (Å²) >= 11 is 0. The van der Waals surface area contributed by atoms with Gasteiger partial charge in [-0.25, -0.2) is 0 Å². The molecule has 3 atom stereocenters. The van der Waals surface area contributed by atoms with Crippen molar-refractivity contribution >= 4 is 29.7 Å². The lowest BCUT2D eigenvalue weighted by Gasteiger charge is -2.39. The number of anilines is 1. The van der Waals surface area contributed by atoms with Gasteiger partial charge in [0.1, 0.15) is 12.3 Å². The van der Waals surface area contributed by atoms with E-state index in [4.69, 9.17) is 0 Å². The molecule has 8 heteroatoms. The third kappa shape index (κ3) is 4.40. The molecule has 1 aliphatic carbocycles. The lowest BCUT2D eigenvalue weighted by molar-refractivity contribution is -0.136. The topological polar surface area (TPSA) is 90.0 Å². The van der Waals surface area contributed by atoms with E-state index < -0.39 is 6.04 Å². The SMILES string of the molecule is O=C[C@H]1CCCC[C@@H]1CN1CCN(c2ccc3c(c2)CN(C2CCC(=O)NC2=O)C3=O)CC1. The summed E-state index contributed by atoms with van der Waals surface area (Å²) in [6, 6.07) is 5.38. The molecular weight excluding hydrogens is 420 g/mol.